The SMILES string of the molecule is CC(C)[C@H](NC(=O)c1ccccc1)C(=O)N[C@@H](CSC(C)(C)C)C(=O)OCc1ccccc1. The molecule has 2 aromatic rings. The van der Waals surface area contributed by atoms with Gasteiger partial charge >= 0.3 is 5.97 Å². The molecule has 0 aliphatic rings. The molecule has 6 nitrogen and oxygen atoms in total. The van der Waals surface area contributed by atoms with E-state index in [4.69, 9.17) is 4.74 Å². The smallest absolute Gasteiger partial charge is 0.329 e. The molecule has 0 saturated heterocycles. The predicted molar refractivity (Wildman–Crippen MR) is 133 cm³/mol. The number of thioether (sulfide) groups is 1. The molecule has 2 N–H and O–H groups in total. The summed E-state index contributed by atoms with van der Waals surface area (Å²) in [5.74, 6) is -1.06. The molecule has 2 amide bonds. The number of carbonyl (C=O) groups excluding carboxylic acids is 3. The average molecular weight is 471 g/mol. The molecule has 2 atom stereocenters. The lowest BCUT2D eigenvalue weighted by Crippen LogP contribution is -2.54. The number of amides is 2. The summed E-state index contributed by atoms with van der Waals surface area (Å²) >= 11 is 1.56. The van der Waals surface area contributed by atoms with Crippen molar-refractivity contribution in [2.24, 2.45) is 5.92 Å². The molecule has 0 heterocycles. The minimum atomic E-state index is -0.833. The molecule has 2 rings (SSSR count). The van der Waals surface area contributed by atoms with E-state index in [-0.39, 0.29) is 23.2 Å². The lowest BCUT2D eigenvalue weighted by molar-refractivity contribution is -0.148. The maximum atomic E-state index is 13.1. The zero-order chi connectivity index (χ0) is 24.4. The van der Waals surface area contributed by atoms with Crippen LogP contribution in [0.2, 0.25) is 0 Å². The van der Waals surface area contributed by atoms with Crippen LogP contribution in [0.15, 0.2) is 60.7 Å². The van der Waals surface area contributed by atoms with Crippen molar-refractivity contribution in [3.63, 3.8) is 0 Å². The average Bonchev–Trinajstić information content (AvgIpc) is 2.78. The van der Waals surface area contributed by atoms with Crippen molar-refractivity contribution in [1.29, 1.82) is 0 Å². The fourth-order valence-electron chi connectivity index (χ4n) is 2.94. The Morgan fingerprint density at radius 2 is 1.48 bits per heavy atom. The van der Waals surface area contributed by atoms with Crippen LogP contribution >= 0.6 is 11.8 Å². The molecule has 0 aliphatic heterocycles. The lowest BCUT2D eigenvalue weighted by atomic mass is 10.0. The first-order chi connectivity index (χ1) is 15.6. The van der Waals surface area contributed by atoms with Gasteiger partial charge in [0.2, 0.25) is 5.91 Å². The summed E-state index contributed by atoms with van der Waals surface area (Å²) in [6.45, 7) is 9.96. The molecule has 0 saturated carbocycles. The maximum absolute atomic E-state index is 13.1. The summed E-state index contributed by atoms with van der Waals surface area (Å²) in [4.78, 5) is 38.6. The Bertz CT molecular complexity index is 911. The van der Waals surface area contributed by atoms with Crippen molar-refractivity contribution in [2.75, 3.05) is 5.75 Å². The molecule has 178 valence electrons. The lowest BCUT2D eigenvalue weighted by Gasteiger charge is -2.26. The Morgan fingerprint density at radius 3 is 2.03 bits per heavy atom. The van der Waals surface area contributed by atoms with Gasteiger partial charge in [0, 0.05) is 16.1 Å². The largest absolute Gasteiger partial charge is 0.459 e. The van der Waals surface area contributed by atoms with Gasteiger partial charge in [-0.25, -0.2) is 4.79 Å². The van der Waals surface area contributed by atoms with Crippen molar-refractivity contribution in [3.8, 4) is 0 Å². The highest BCUT2D eigenvalue weighted by Gasteiger charge is 2.30. The molecule has 0 aromatic heterocycles. The molecule has 0 spiro atoms. The van der Waals surface area contributed by atoms with E-state index in [1.807, 2.05) is 71.0 Å². The van der Waals surface area contributed by atoms with Crippen LogP contribution in [0.25, 0.3) is 0 Å². The van der Waals surface area contributed by atoms with Crippen LogP contribution in [-0.2, 0) is 20.9 Å². The Balaban J connectivity index is 2.09. The summed E-state index contributed by atoms with van der Waals surface area (Å²) in [6.07, 6.45) is 0. The monoisotopic (exact) mass is 470 g/mol. The summed E-state index contributed by atoms with van der Waals surface area (Å²) in [5.41, 5.74) is 1.34. The first-order valence-corrected chi connectivity index (χ1v) is 12.1. The van der Waals surface area contributed by atoms with Gasteiger partial charge in [-0.1, -0.05) is 83.1 Å². The van der Waals surface area contributed by atoms with Crippen molar-refractivity contribution < 1.29 is 19.1 Å². The number of carbonyl (C=O) groups is 3. The van der Waals surface area contributed by atoms with E-state index >= 15 is 0 Å². The normalized spacial score (nSPS) is 13.2. The Morgan fingerprint density at radius 1 is 0.909 bits per heavy atom. The summed E-state index contributed by atoms with van der Waals surface area (Å²) in [6, 6.07) is 16.5. The number of hydrogen-bond acceptors (Lipinski definition) is 5. The molecule has 0 radical (unpaired) electrons. The third-order valence-electron chi connectivity index (χ3n) is 4.78. The van der Waals surface area contributed by atoms with E-state index in [2.05, 4.69) is 10.6 Å². The second-order valence-corrected chi connectivity index (χ2v) is 11.0. The molecule has 0 bridgehead atoms. The van der Waals surface area contributed by atoms with E-state index < -0.39 is 24.0 Å². The van der Waals surface area contributed by atoms with Gasteiger partial charge in [0.05, 0.1) is 0 Å². The van der Waals surface area contributed by atoms with Crippen LogP contribution < -0.4 is 10.6 Å². The molecule has 0 fully saturated rings. The van der Waals surface area contributed by atoms with Gasteiger partial charge in [-0.15, -0.1) is 0 Å². The predicted octanol–water partition coefficient (Wildman–Crippen LogP) is 4.20. The summed E-state index contributed by atoms with van der Waals surface area (Å²) in [5, 5.41) is 5.61. The highest BCUT2D eigenvalue weighted by molar-refractivity contribution is 8.00. The van der Waals surface area contributed by atoms with Crippen LogP contribution in [0.5, 0.6) is 0 Å². The maximum Gasteiger partial charge on any atom is 0.329 e. The number of benzene rings is 2. The van der Waals surface area contributed by atoms with Gasteiger partial charge in [-0.2, -0.15) is 11.8 Å². The summed E-state index contributed by atoms with van der Waals surface area (Å²) < 4.78 is 5.40. The van der Waals surface area contributed by atoms with Crippen molar-refractivity contribution in [1.82, 2.24) is 10.6 Å². The van der Waals surface area contributed by atoms with Gasteiger partial charge < -0.3 is 15.4 Å². The van der Waals surface area contributed by atoms with Gasteiger partial charge in [0.1, 0.15) is 18.7 Å². The molecular formula is C26H34N2O4S. The van der Waals surface area contributed by atoms with Crippen molar-refractivity contribution in [2.45, 2.75) is 58.1 Å². The van der Waals surface area contributed by atoms with Crippen molar-refractivity contribution in [3.05, 3.63) is 71.8 Å². The minimum Gasteiger partial charge on any atom is -0.459 e. The number of nitrogens with one attached hydrogen (secondary N) is 2. The molecule has 0 aliphatic carbocycles. The number of esters is 1. The van der Waals surface area contributed by atoms with E-state index in [0.29, 0.717) is 11.3 Å². The zero-order valence-electron chi connectivity index (χ0n) is 20.0. The third-order valence-corrected chi connectivity index (χ3v) is 6.15. The highest BCUT2D eigenvalue weighted by Crippen LogP contribution is 2.24. The number of rotatable bonds is 10. The third kappa shape index (κ3) is 9.30. The minimum absolute atomic E-state index is 0.0956. The topological polar surface area (TPSA) is 84.5 Å². The van der Waals surface area contributed by atoms with E-state index in [1.54, 1.807) is 36.0 Å². The first-order valence-electron chi connectivity index (χ1n) is 11.1. The molecule has 33 heavy (non-hydrogen) atoms. The van der Waals surface area contributed by atoms with Gasteiger partial charge in [-0.3, -0.25) is 9.59 Å². The second kappa shape index (κ2) is 12.4. The Labute approximate surface area is 200 Å². The second-order valence-electron chi connectivity index (χ2n) is 9.14. The van der Waals surface area contributed by atoms with Crippen LogP contribution in [0.4, 0.5) is 0 Å². The molecular weight excluding hydrogens is 436 g/mol. The van der Waals surface area contributed by atoms with Crippen LogP contribution in [0, 0.1) is 5.92 Å². The standard InChI is InChI=1S/C26H34N2O4S/c1-18(2)22(28-23(29)20-14-10-7-11-15-20)24(30)27-21(17-33-26(3,4)5)25(31)32-16-19-12-8-6-9-13-19/h6-15,18,21-22H,16-17H2,1-5H3,(H,27,30)(H,28,29)/t21-,22-/m0/s1. The number of ether oxygens (including phenoxy) is 1. The van der Waals surface area contributed by atoms with E-state index in [0.717, 1.165) is 5.56 Å². The van der Waals surface area contributed by atoms with E-state index in [9.17, 15) is 14.4 Å². The Hall–Kier alpha value is -2.80. The van der Waals surface area contributed by atoms with Gasteiger partial charge in [0.15, 0.2) is 0 Å². The molecule has 0 unspecified atom stereocenters. The first kappa shape index (κ1) is 26.5. The quantitative estimate of drug-likeness (QED) is 0.509. The van der Waals surface area contributed by atoms with Crippen LogP contribution in [-0.4, -0.2) is 40.4 Å². The fourth-order valence-corrected chi connectivity index (χ4v) is 3.83. The summed E-state index contributed by atoms with van der Waals surface area (Å²) in [7, 11) is 0. The Kier molecular flexibility index (Phi) is 9.97. The molecule has 7 heteroatoms. The molecule has 2 aromatic carbocycles. The number of hydrogen-bond donors (Lipinski definition) is 2. The fraction of sp³-hybridized carbons (Fsp3) is 0.423. The van der Waals surface area contributed by atoms with Crippen LogP contribution in [0.3, 0.4) is 0 Å². The van der Waals surface area contributed by atoms with E-state index in [1.165, 1.54) is 0 Å². The van der Waals surface area contributed by atoms with Gasteiger partial charge in [0.25, 0.3) is 5.91 Å². The highest BCUT2D eigenvalue weighted by atomic mass is 32.2. The van der Waals surface area contributed by atoms with Crippen molar-refractivity contribution >= 4 is 29.5 Å². The zero-order valence-corrected chi connectivity index (χ0v) is 20.8. The van der Waals surface area contributed by atoms with Gasteiger partial charge in [-0.05, 0) is 23.6 Å². The van der Waals surface area contributed by atoms with Crippen LogP contribution in [0.1, 0.15) is 50.5 Å².